The fourth-order valence-electron chi connectivity index (χ4n) is 5.10. The van der Waals surface area contributed by atoms with Crippen LogP contribution in [0.25, 0.3) is 35.2 Å². The van der Waals surface area contributed by atoms with Gasteiger partial charge >= 0.3 is 57.9 Å². The van der Waals surface area contributed by atoms with Crippen molar-refractivity contribution in [1.82, 2.24) is 59.7 Å². The number of amides is 1. The number of hydrogen-bond donors (Lipinski definition) is 2. The van der Waals surface area contributed by atoms with E-state index in [4.69, 9.17) is 10.2 Å². The normalized spacial score (nSPS) is 13.3. The molecule has 71 heavy (non-hydrogen) atoms. The molecule has 0 saturated heterocycles. The molecule has 386 valence electrons. The summed E-state index contributed by atoms with van der Waals surface area (Å²) in [5, 5.41) is 18.9. The molecule has 6 rings (SSSR count). The molecule has 4 aromatic heterocycles. The van der Waals surface area contributed by atoms with E-state index in [1.807, 2.05) is 26.4 Å². The van der Waals surface area contributed by atoms with E-state index in [-0.39, 0.29) is 38.1 Å². The van der Waals surface area contributed by atoms with E-state index in [1.165, 1.54) is 25.1 Å². The summed E-state index contributed by atoms with van der Waals surface area (Å²) >= 11 is 0. The van der Waals surface area contributed by atoms with Gasteiger partial charge in [0.1, 0.15) is 24.3 Å². The van der Waals surface area contributed by atoms with E-state index in [0.717, 1.165) is 52.2 Å². The molecule has 0 fully saturated rings. The summed E-state index contributed by atoms with van der Waals surface area (Å²) < 4.78 is 183. The van der Waals surface area contributed by atoms with Crippen molar-refractivity contribution < 1.29 is 67.4 Å². The summed E-state index contributed by atoms with van der Waals surface area (Å²) in [7, 11) is -0.645. The van der Waals surface area contributed by atoms with Crippen molar-refractivity contribution in [3.63, 3.8) is 0 Å². The Morgan fingerprint density at radius 2 is 1.04 bits per heavy atom. The number of hydrogen-bond acceptors (Lipinski definition) is 11. The molecule has 0 spiro atoms. The van der Waals surface area contributed by atoms with Gasteiger partial charge in [-0.15, -0.1) is 10.2 Å². The number of alkyl halides is 12. The first kappa shape index (κ1) is 53.2. The number of benzene rings is 2. The van der Waals surface area contributed by atoms with Gasteiger partial charge in [-0.2, -0.15) is 52.7 Å². The van der Waals surface area contributed by atoms with Crippen molar-refractivity contribution in [2.24, 2.45) is 0 Å². The molecule has 2 N–H and O–H groups in total. The zero-order chi connectivity index (χ0) is 56.1. The summed E-state index contributed by atoms with van der Waals surface area (Å²) in [6.07, 6.45) is -7.19. The number of likely N-dealkylation sites (N-methyl/N-ethyl adjacent to an activating group) is 1. The number of rotatable bonds is 11. The molecule has 0 bridgehead atoms. The van der Waals surface area contributed by atoms with Gasteiger partial charge in [-0.3, -0.25) is 4.79 Å². The Kier molecular flexibility index (Phi) is 19.6. The van der Waals surface area contributed by atoms with Crippen LogP contribution < -0.4 is 5.32 Å². The number of carbonyl (C=O) groups excluding carboxylic acids is 1. The Balaban J connectivity index is 0.000000397. The molecule has 28 heteroatoms. The Morgan fingerprint density at radius 1 is 0.690 bits per heavy atom. The van der Waals surface area contributed by atoms with Crippen LogP contribution in [-0.2, 0) is 47.4 Å². The Morgan fingerprint density at radius 3 is 1.37 bits per heavy atom. The number of aliphatic carboxylic acids is 1. The van der Waals surface area contributed by atoms with Gasteiger partial charge in [-0.1, -0.05) is 7.43 Å². The van der Waals surface area contributed by atoms with Crippen molar-refractivity contribution in [2.75, 3.05) is 20.3 Å². The molecular weight excluding hydrogens is 992 g/mol. The number of nitrogens with zero attached hydrogens (tertiary/aromatic N) is 11. The van der Waals surface area contributed by atoms with Crippen molar-refractivity contribution in [1.29, 1.82) is 5.11 Å². The quantitative estimate of drug-likeness (QED) is 0.0714. The van der Waals surface area contributed by atoms with Gasteiger partial charge in [0.15, 0.2) is 11.6 Å². The summed E-state index contributed by atoms with van der Waals surface area (Å²) in [5.41, 5.74) is -5.10. The molecule has 1 amide bonds. The maximum absolute atomic E-state index is 13.0. The van der Waals surface area contributed by atoms with Crippen LogP contribution in [-0.4, -0.2) is 96.7 Å². The van der Waals surface area contributed by atoms with Gasteiger partial charge in [0.2, 0.25) is 5.91 Å². The van der Waals surface area contributed by atoms with E-state index in [1.54, 1.807) is 19.3 Å². The van der Waals surface area contributed by atoms with Crippen molar-refractivity contribution in [2.45, 2.75) is 66.0 Å². The number of aryl methyl sites for hydroxylation is 2. The Bertz CT molecular complexity index is 2820. The zero-order valence-electron chi connectivity index (χ0n) is 41.0. The monoisotopic (exact) mass is 1050 g/mol. The number of aromatic nitrogens is 10. The van der Waals surface area contributed by atoms with E-state index in [9.17, 15) is 62.3 Å². The third kappa shape index (κ3) is 20.0. The molecule has 0 aliphatic heterocycles. The summed E-state index contributed by atoms with van der Waals surface area (Å²) in [6.45, 7) is 6.18. The van der Waals surface area contributed by atoms with Crippen LogP contribution in [0, 0.1) is 13.8 Å². The minimum atomic E-state index is -4.99. The molecule has 15 nitrogen and oxygen atoms in total. The van der Waals surface area contributed by atoms with Crippen molar-refractivity contribution >= 4 is 33.3 Å². The fraction of sp³-hybridized carbons (Fsp3) is 0.302. The zero-order valence-corrected chi connectivity index (χ0v) is 37.9. The first-order chi connectivity index (χ1) is 33.9. The number of halogens is 12. The van der Waals surface area contributed by atoms with Crippen LogP contribution in [0.4, 0.5) is 52.7 Å². The van der Waals surface area contributed by atoms with Crippen molar-refractivity contribution in [3.8, 4) is 22.8 Å². The Hall–Kier alpha value is -7.15. The van der Waals surface area contributed by atoms with Crippen LogP contribution in [0.2, 0.25) is 0 Å². The molecule has 0 saturated carbocycles. The molecule has 0 atom stereocenters. The van der Waals surface area contributed by atoms with E-state index >= 15 is 0 Å². The van der Waals surface area contributed by atoms with Crippen LogP contribution in [0.1, 0.15) is 59.4 Å². The first-order valence-corrected chi connectivity index (χ1v) is 20.2. The van der Waals surface area contributed by atoms with Crippen molar-refractivity contribution in [3.05, 3.63) is 131 Å². The van der Waals surface area contributed by atoms with E-state index in [2.05, 4.69) is 45.4 Å². The van der Waals surface area contributed by atoms with Crippen LogP contribution in [0.15, 0.2) is 86.0 Å². The second-order valence-electron chi connectivity index (χ2n) is 14.0. The minimum absolute atomic E-state index is 0. The molecular formula is C43H47F12N12O3P. The standard InChI is InChI=1S/C20H16F6N6O.C13H7F6N3O2.C7H11N3.C2H9P.CH4/c1-12-27-8-13(9-28-12)10-31(2)17(33)3-4-32-11-29-18(30-32)14-5-15(19(21,22)23)7-16(6-14)20(24,25)26;14-12(15,16)8-3-7(4-9(5-8)13(17,18)19)11-20-6-22(21-11)2-1-10(23)24;1-6-9-4-7(3-8-2)5-10-6;1-2-3;/h3-9,11H,10H2,1-2H3;1-6H,(H,23,24);4-5,8H,3H2,1-2H3;2H2,1H3,3H4;1H4/b4-3-;2-1-;;;/i;;;3T3D;. The van der Waals surface area contributed by atoms with Gasteiger partial charge in [0.05, 0.1) is 22.3 Å². The molecule has 0 aliphatic carbocycles. The van der Waals surface area contributed by atoms with Crippen LogP contribution in [0.3, 0.4) is 0 Å². The van der Waals surface area contributed by atoms with Gasteiger partial charge in [-0.05, 0) is 57.3 Å². The average Bonchev–Trinajstić information content (AvgIpc) is 3.99. The fourth-order valence-corrected chi connectivity index (χ4v) is 5.10. The summed E-state index contributed by atoms with van der Waals surface area (Å²) in [5.74, 6) is -1.13. The third-order valence-electron chi connectivity index (χ3n) is 8.29. The predicted octanol–water partition coefficient (Wildman–Crippen LogP) is 9.23. The van der Waals surface area contributed by atoms with Crippen LogP contribution >= 0.6 is 9.02 Å². The molecule has 2 aromatic carbocycles. The molecule has 0 aliphatic rings. The number of carboxylic acid groups (broad SMARTS) is 1. The summed E-state index contributed by atoms with van der Waals surface area (Å²) in [4.78, 5) is 47.5. The average molecular weight is 1050 g/mol. The Labute approximate surface area is 405 Å². The van der Waals surface area contributed by atoms with Gasteiger partial charge in [-0.25, -0.2) is 44.1 Å². The number of carbonyl (C=O) groups is 2. The van der Waals surface area contributed by atoms with E-state index in [0.29, 0.717) is 41.7 Å². The number of nitrogens with one attached hydrogen (secondary N) is 1. The van der Waals surface area contributed by atoms with Crippen LogP contribution in [0.5, 0.6) is 0 Å². The second kappa shape index (κ2) is 26.2. The topological polar surface area (TPSA) is 183 Å². The SMILES string of the molecule is C.CNCc1cnc(C)nc1.Cc1ncc(CN(C)C(=O)/C=C\n2cnc(-c3cc(C(F)(F)F)cc(C(F)(F)F)c3)n2)cn1.O=C(O)/C=C\n1cnc(-c2cc(C(F)(F)F)cc(C(F)(F)F)c2)n1.[2H]P([3H])([3H])([3H])CC. The van der Waals surface area contributed by atoms with Gasteiger partial charge in [0.25, 0.3) is 0 Å². The van der Waals surface area contributed by atoms with Gasteiger partial charge < -0.3 is 15.3 Å². The predicted molar refractivity (Wildman–Crippen MR) is 242 cm³/mol. The maximum atomic E-state index is 13.0. The number of carboxylic acids is 1. The van der Waals surface area contributed by atoms with Gasteiger partial charge in [0, 0.05) is 91.7 Å². The molecule has 0 unspecified atom stereocenters. The second-order valence-corrected chi connectivity index (χ2v) is 14.6. The summed E-state index contributed by atoms with van der Waals surface area (Å²) in [6, 6.07) is 2.03. The third-order valence-corrected chi connectivity index (χ3v) is 8.29. The molecule has 4 heterocycles. The molecule has 6 aromatic rings. The molecule has 0 radical (unpaired) electrons. The van der Waals surface area contributed by atoms with E-state index < -0.39 is 84.8 Å². The first-order valence-electron chi connectivity index (χ1n) is 21.4.